The first-order valence-corrected chi connectivity index (χ1v) is 10.9. The molecule has 0 unspecified atom stereocenters. The first-order chi connectivity index (χ1) is 14.7. The van der Waals surface area contributed by atoms with E-state index in [1.165, 1.54) is 40.8 Å². The molecule has 1 fully saturated rings. The number of piperazine rings is 1. The van der Waals surface area contributed by atoms with Gasteiger partial charge in [-0.2, -0.15) is 0 Å². The standard InChI is InChI=1S/C22H23F3N2O3S/c1-12-10-26(22(29)20-18(24)8-15(31-4)9-19(20)25)11-13(2)27(12)21(28)16-6-5-14(30-3)7-17(16)23/h5-9,12-13H,10-11H2,1-4H3/t12-,13-/m1/s1. The molecule has 5 nitrogen and oxygen atoms in total. The summed E-state index contributed by atoms with van der Waals surface area (Å²) in [5.74, 6) is -3.55. The Kier molecular flexibility index (Phi) is 6.83. The third kappa shape index (κ3) is 4.51. The number of rotatable bonds is 4. The monoisotopic (exact) mass is 452 g/mol. The summed E-state index contributed by atoms with van der Waals surface area (Å²) < 4.78 is 48.2. The third-order valence-corrected chi connectivity index (χ3v) is 6.02. The van der Waals surface area contributed by atoms with Crippen molar-refractivity contribution in [2.45, 2.75) is 30.8 Å². The summed E-state index contributed by atoms with van der Waals surface area (Å²) >= 11 is 1.17. The van der Waals surface area contributed by atoms with E-state index in [9.17, 15) is 22.8 Å². The number of methoxy groups -OCH3 is 1. The minimum atomic E-state index is -0.923. The second-order valence-corrected chi connectivity index (χ2v) is 8.31. The van der Waals surface area contributed by atoms with Gasteiger partial charge in [0.05, 0.1) is 12.7 Å². The van der Waals surface area contributed by atoms with Crippen molar-refractivity contribution in [1.29, 1.82) is 0 Å². The Balaban J connectivity index is 1.82. The number of ether oxygens (including phenoxy) is 1. The summed E-state index contributed by atoms with van der Waals surface area (Å²) in [6.07, 6.45) is 1.68. The van der Waals surface area contributed by atoms with Crippen LogP contribution in [0.5, 0.6) is 5.75 Å². The highest BCUT2D eigenvalue weighted by molar-refractivity contribution is 7.98. The van der Waals surface area contributed by atoms with E-state index in [4.69, 9.17) is 4.74 Å². The average molecular weight is 452 g/mol. The third-order valence-electron chi connectivity index (χ3n) is 5.31. The molecule has 0 aliphatic carbocycles. The molecule has 0 saturated carbocycles. The van der Waals surface area contributed by atoms with Crippen molar-refractivity contribution in [3.63, 3.8) is 0 Å². The lowest BCUT2D eigenvalue weighted by Gasteiger charge is -2.44. The van der Waals surface area contributed by atoms with Crippen molar-refractivity contribution in [3.05, 3.63) is 58.9 Å². The molecule has 2 aromatic carbocycles. The molecule has 0 spiro atoms. The highest BCUT2D eigenvalue weighted by atomic mass is 32.2. The lowest BCUT2D eigenvalue weighted by Crippen LogP contribution is -2.60. The van der Waals surface area contributed by atoms with Gasteiger partial charge in [-0.25, -0.2) is 13.2 Å². The fourth-order valence-electron chi connectivity index (χ4n) is 3.85. The van der Waals surface area contributed by atoms with Crippen molar-refractivity contribution < 1.29 is 27.5 Å². The molecule has 1 heterocycles. The number of amides is 2. The van der Waals surface area contributed by atoms with Crippen LogP contribution in [0.1, 0.15) is 34.6 Å². The number of hydrogen-bond donors (Lipinski definition) is 0. The molecule has 0 N–H and O–H groups in total. The largest absolute Gasteiger partial charge is 0.497 e. The molecule has 0 bridgehead atoms. The maximum absolute atomic E-state index is 14.4. The van der Waals surface area contributed by atoms with Gasteiger partial charge in [0.25, 0.3) is 11.8 Å². The van der Waals surface area contributed by atoms with Gasteiger partial charge in [0.1, 0.15) is 28.8 Å². The van der Waals surface area contributed by atoms with E-state index in [0.717, 1.165) is 18.2 Å². The van der Waals surface area contributed by atoms with Crippen LogP contribution >= 0.6 is 11.8 Å². The number of halogens is 3. The number of thioether (sulfide) groups is 1. The molecular formula is C22H23F3N2O3S. The van der Waals surface area contributed by atoms with E-state index in [1.54, 1.807) is 20.1 Å². The molecule has 0 radical (unpaired) electrons. The summed E-state index contributed by atoms with van der Waals surface area (Å²) in [6.45, 7) is 3.54. The number of carbonyl (C=O) groups excluding carboxylic acids is 2. The predicted molar refractivity (Wildman–Crippen MR) is 112 cm³/mol. The Morgan fingerprint density at radius 1 is 0.968 bits per heavy atom. The smallest absolute Gasteiger partial charge is 0.259 e. The minimum absolute atomic E-state index is 0.0653. The zero-order chi connectivity index (χ0) is 22.9. The van der Waals surface area contributed by atoms with Crippen molar-refractivity contribution >= 4 is 23.6 Å². The van der Waals surface area contributed by atoms with Gasteiger partial charge < -0.3 is 14.5 Å². The van der Waals surface area contributed by atoms with Gasteiger partial charge in [-0.05, 0) is 44.4 Å². The summed E-state index contributed by atoms with van der Waals surface area (Å²) in [6, 6.07) is 5.25. The molecule has 2 atom stereocenters. The molecule has 1 aliphatic rings. The van der Waals surface area contributed by atoms with Gasteiger partial charge in [0, 0.05) is 36.1 Å². The molecule has 1 saturated heterocycles. The quantitative estimate of drug-likeness (QED) is 0.653. The Hall–Kier alpha value is -2.68. The summed E-state index contributed by atoms with van der Waals surface area (Å²) in [5.41, 5.74) is -0.720. The zero-order valence-corrected chi connectivity index (χ0v) is 18.4. The number of hydrogen-bond acceptors (Lipinski definition) is 4. The first kappa shape index (κ1) is 23.0. The molecule has 9 heteroatoms. The van der Waals surface area contributed by atoms with E-state index >= 15 is 0 Å². The van der Waals surface area contributed by atoms with E-state index in [-0.39, 0.29) is 18.7 Å². The fourth-order valence-corrected chi connectivity index (χ4v) is 4.30. The van der Waals surface area contributed by atoms with E-state index in [0.29, 0.717) is 10.6 Å². The summed E-state index contributed by atoms with van der Waals surface area (Å²) in [7, 11) is 1.40. The Morgan fingerprint density at radius 3 is 2.03 bits per heavy atom. The van der Waals surface area contributed by atoms with Crippen LogP contribution in [0.15, 0.2) is 35.2 Å². The highest BCUT2D eigenvalue weighted by Crippen LogP contribution is 2.26. The molecule has 166 valence electrons. The molecule has 3 rings (SSSR count). The molecule has 0 aromatic heterocycles. The van der Waals surface area contributed by atoms with Crippen LogP contribution in [0.2, 0.25) is 0 Å². The first-order valence-electron chi connectivity index (χ1n) is 9.66. The van der Waals surface area contributed by atoms with E-state index in [1.807, 2.05) is 0 Å². The van der Waals surface area contributed by atoms with Crippen LogP contribution in [0, 0.1) is 17.5 Å². The zero-order valence-electron chi connectivity index (χ0n) is 17.6. The number of benzene rings is 2. The van der Waals surface area contributed by atoms with Gasteiger partial charge in [0.2, 0.25) is 0 Å². The lowest BCUT2D eigenvalue weighted by atomic mass is 10.0. The van der Waals surface area contributed by atoms with Gasteiger partial charge in [-0.15, -0.1) is 11.8 Å². The maximum Gasteiger partial charge on any atom is 0.259 e. The van der Waals surface area contributed by atoms with Crippen LogP contribution in [0.25, 0.3) is 0 Å². The predicted octanol–water partition coefficient (Wildman–Crippen LogP) is 4.21. The normalized spacial score (nSPS) is 18.8. The molecule has 2 aromatic rings. The van der Waals surface area contributed by atoms with Crippen molar-refractivity contribution in [1.82, 2.24) is 9.80 Å². The van der Waals surface area contributed by atoms with Crippen molar-refractivity contribution in [3.8, 4) is 5.75 Å². The van der Waals surface area contributed by atoms with Crippen molar-refractivity contribution in [2.24, 2.45) is 0 Å². The van der Waals surface area contributed by atoms with E-state index < -0.39 is 46.9 Å². The van der Waals surface area contributed by atoms with Gasteiger partial charge in [0.15, 0.2) is 0 Å². The second kappa shape index (κ2) is 9.21. The maximum atomic E-state index is 14.4. The van der Waals surface area contributed by atoms with Crippen LogP contribution in [-0.4, -0.2) is 60.2 Å². The van der Waals surface area contributed by atoms with Crippen LogP contribution in [0.4, 0.5) is 13.2 Å². The molecule has 31 heavy (non-hydrogen) atoms. The minimum Gasteiger partial charge on any atom is -0.497 e. The van der Waals surface area contributed by atoms with Gasteiger partial charge in [-0.1, -0.05) is 0 Å². The van der Waals surface area contributed by atoms with Crippen LogP contribution < -0.4 is 4.74 Å². The second-order valence-electron chi connectivity index (χ2n) is 7.43. The average Bonchev–Trinajstić information content (AvgIpc) is 2.72. The molecular weight excluding hydrogens is 429 g/mol. The Bertz CT molecular complexity index is 982. The van der Waals surface area contributed by atoms with E-state index in [2.05, 4.69) is 0 Å². The molecule has 2 amide bonds. The van der Waals surface area contributed by atoms with Gasteiger partial charge >= 0.3 is 0 Å². The SMILES string of the molecule is COc1ccc(C(=O)N2[C@H](C)CN(C(=O)c3c(F)cc(SC)cc3F)C[C@H]2C)c(F)c1. The van der Waals surface area contributed by atoms with Crippen LogP contribution in [0.3, 0.4) is 0 Å². The Morgan fingerprint density at radius 2 is 1.55 bits per heavy atom. The number of carbonyl (C=O) groups is 2. The van der Waals surface area contributed by atoms with Crippen molar-refractivity contribution in [2.75, 3.05) is 26.5 Å². The Labute approximate surface area is 183 Å². The highest BCUT2D eigenvalue weighted by Gasteiger charge is 2.37. The van der Waals surface area contributed by atoms with Gasteiger partial charge in [-0.3, -0.25) is 9.59 Å². The number of nitrogens with zero attached hydrogens (tertiary/aromatic N) is 2. The fraction of sp³-hybridized carbons (Fsp3) is 0.364. The molecule has 1 aliphatic heterocycles. The lowest BCUT2D eigenvalue weighted by molar-refractivity contribution is 0.0247. The summed E-state index contributed by atoms with van der Waals surface area (Å²) in [4.78, 5) is 29.0. The summed E-state index contributed by atoms with van der Waals surface area (Å²) in [5, 5.41) is 0. The van der Waals surface area contributed by atoms with Crippen LogP contribution in [-0.2, 0) is 0 Å². The topological polar surface area (TPSA) is 49.9 Å².